The predicted octanol–water partition coefficient (Wildman–Crippen LogP) is 2.10. The van der Waals surface area contributed by atoms with Gasteiger partial charge in [-0.05, 0) is 52.1 Å². The molecule has 0 bridgehead atoms. The zero-order valence-electron chi connectivity index (χ0n) is 19.3. The second-order valence-electron chi connectivity index (χ2n) is 8.93. The summed E-state index contributed by atoms with van der Waals surface area (Å²) in [5.74, 6) is 3.56. The molecular weight excluding hydrogens is 507 g/mol. The molecule has 0 saturated carbocycles. The van der Waals surface area contributed by atoms with Gasteiger partial charge in [0.05, 0.1) is 25.5 Å². The van der Waals surface area contributed by atoms with Crippen LogP contribution in [0, 0.1) is 19.8 Å². The van der Waals surface area contributed by atoms with Gasteiger partial charge < -0.3 is 19.4 Å². The first-order valence-corrected chi connectivity index (χ1v) is 11.5. The van der Waals surface area contributed by atoms with Crippen LogP contribution in [0.1, 0.15) is 36.6 Å². The van der Waals surface area contributed by atoms with Gasteiger partial charge in [-0.15, -0.1) is 24.0 Å². The molecule has 1 aromatic rings. The van der Waals surface area contributed by atoms with E-state index in [1.54, 1.807) is 0 Å². The van der Waals surface area contributed by atoms with E-state index in [-0.39, 0.29) is 24.0 Å². The van der Waals surface area contributed by atoms with Crippen LogP contribution in [0.25, 0.3) is 0 Å². The molecule has 4 heterocycles. The Morgan fingerprint density at radius 1 is 1.10 bits per heavy atom. The number of guanidine groups is 1. The molecule has 0 spiro atoms. The van der Waals surface area contributed by atoms with E-state index in [0.29, 0.717) is 12.0 Å². The number of hydrogen-bond donors (Lipinski definition) is 1. The standard InChI is InChI=1S/C22H38N6O2.HI/c1-17-18(2)30-21(25-17)16-26-7-4-19(5-8-26)14-24-22(23-3)28-9-6-20(15-28)27-10-12-29-13-11-27;/h19-20H,4-16H2,1-3H3,(H,23,24);1H. The van der Waals surface area contributed by atoms with Crippen LogP contribution in [-0.4, -0.2) is 97.8 Å². The molecule has 1 aromatic heterocycles. The first-order chi connectivity index (χ1) is 14.6. The molecular formula is C22H39IN6O2. The maximum absolute atomic E-state index is 5.75. The molecule has 0 aliphatic carbocycles. The van der Waals surface area contributed by atoms with E-state index >= 15 is 0 Å². The summed E-state index contributed by atoms with van der Waals surface area (Å²) >= 11 is 0. The van der Waals surface area contributed by atoms with Crippen LogP contribution in [0.5, 0.6) is 0 Å². The highest BCUT2D eigenvalue weighted by Crippen LogP contribution is 2.20. The molecule has 9 heteroatoms. The van der Waals surface area contributed by atoms with Crippen molar-refractivity contribution in [2.45, 2.75) is 45.7 Å². The predicted molar refractivity (Wildman–Crippen MR) is 133 cm³/mol. The van der Waals surface area contributed by atoms with Gasteiger partial charge in [-0.1, -0.05) is 0 Å². The summed E-state index contributed by atoms with van der Waals surface area (Å²) in [6, 6.07) is 0.637. The minimum atomic E-state index is 0. The zero-order chi connectivity index (χ0) is 20.9. The number of aryl methyl sites for hydroxylation is 2. The number of nitrogens with one attached hydrogen (secondary N) is 1. The number of piperidine rings is 1. The summed E-state index contributed by atoms with van der Waals surface area (Å²) < 4.78 is 11.3. The van der Waals surface area contributed by atoms with Crippen LogP contribution >= 0.6 is 24.0 Å². The van der Waals surface area contributed by atoms with Crippen molar-refractivity contribution < 1.29 is 9.15 Å². The van der Waals surface area contributed by atoms with Gasteiger partial charge in [0.15, 0.2) is 5.96 Å². The molecule has 3 fully saturated rings. The minimum absolute atomic E-state index is 0. The second-order valence-corrected chi connectivity index (χ2v) is 8.93. The molecule has 3 saturated heterocycles. The Morgan fingerprint density at radius 3 is 2.48 bits per heavy atom. The highest BCUT2D eigenvalue weighted by Gasteiger charge is 2.30. The molecule has 0 amide bonds. The maximum atomic E-state index is 5.75. The van der Waals surface area contributed by atoms with Crippen molar-refractivity contribution in [1.82, 2.24) is 25.0 Å². The number of aromatic nitrogens is 1. The van der Waals surface area contributed by atoms with Crippen molar-refractivity contribution in [3.05, 3.63) is 17.3 Å². The van der Waals surface area contributed by atoms with Crippen LogP contribution in [0.2, 0.25) is 0 Å². The number of halogens is 1. The fourth-order valence-corrected chi connectivity index (χ4v) is 4.89. The summed E-state index contributed by atoms with van der Waals surface area (Å²) in [4.78, 5) is 16.6. The normalized spacial score (nSPS) is 24.4. The van der Waals surface area contributed by atoms with Crippen LogP contribution < -0.4 is 5.32 Å². The number of likely N-dealkylation sites (tertiary alicyclic amines) is 2. The minimum Gasteiger partial charge on any atom is -0.444 e. The van der Waals surface area contributed by atoms with E-state index in [0.717, 1.165) is 88.9 Å². The highest BCUT2D eigenvalue weighted by molar-refractivity contribution is 14.0. The summed E-state index contributed by atoms with van der Waals surface area (Å²) in [6.45, 7) is 14.1. The summed E-state index contributed by atoms with van der Waals surface area (Å²) in [6.07, 6.45) is 3.64. The Hall–Kier alpha value is -0.910. The van der Waals surface area contributed by atoms with Gasteiger partial charge in [0.2, 0.25) is 5.89 Å². The molecule has 0 aromatic carbocycles. The number of oxazole rings is 1. The third kappa shape index (κ3) is 6.55. The monoisotopic (exact) mass is 546 g/mol. The maximum Gasteiger partial charge on any atom is 0.208 e. The van der Waals surface area contributed by atoms with Crippen molar-refractivity contribution >= 4 is 29.9 Å². The lowest BCUT2D eigenvalue weighted by molar-refractivity contribution is 0.0194. The lowest BCUT2D eigenvalue weighted by atomic mass is 9.97. The highest BCUT2D eigenvalue weighted by atomic mass is 127. The Kier molecular flexibility index (Phi) is 9.42. The molecule has 1 atom stereocenters. The molecule has 1 N–H and O–H groups in total. The van der Waals surface area contributed by atoms with E-state index in [2.05, 4.69) is 30.0 Å². The van der Waals surface area contributed by atoms with Crippen LogP contribution in [0.4, 0.5) is 0 Å². The first-order valence-electron chi connectivity index (χ1n) is 11.5. The van der Waals surface area contributed by atoms with E-state index in [1.165, 1.54) is 19.3 Å². The van der Waals surface area contributed by atoms with Gasteiger partial charge in [-0.3, -0.25) is 14.8 Å². The van der Waals surface area contributed by atoms with E-state index < -0.39 is 0 Å². The summed E-state index contributed by atoms with van der Waals surface area (Å²) in [5, 5.41) is 3.66. The zero-order valence-corrected chi connectivity index (χ0v) is 21.6. The van der Waals surface area contributed by atoms with E-state index in [1.807, 2.05) is 20.9 Å². The Balaban J connectivity index is 0.00000272. The summed E-state index contributed by atoms with van der Waals surface area (Å²) in [5.41, 5.74) is 1.01. The van der Waals surface area contributed by atoms with Gasteiger partial charge in [-0.2, -0.15) is 0 Å². The van der Waals surface area contributed by atoms with Gasteiger partial charge in [-0.25, -0.2) is 4.98 Å². The molecule has 3 aliphatic heterocycles. The third-order valence-corrected chi connectivity index (χ3v) is 6.92. The quantitative estimate of drug-likeness (QED) is 0.345. The van der Waals surface area contributed by atoms with Crippen molar-refractivity contribution in [3.8, 4) is 0 Å². The molecule has 0 radical (unpaired) electrons. The third-order valence-electron chi connectivity index (χ3n) is 6.92. The topological polar surface area (TPSA) is 69.4 Å². The van der Waals surface area contributed by atoms with Crippen LogP contribution in [0.3, 0.4) is 0 Å². The fraction of sp³-hybridized carbons (Fsp3) is 0.818. The van der Waals surface area contributed by atoms with Crippen molar-refractivity contribution in [2.75, 3.05) is 66.1 Å². The van der Waals surface area contributed by atoms with Gasteiger partial charge in [0.1, 0.15) is 5.76 Å². The molecule has 3 aliphatic rings. The van der Waals surface area contributed by atoms with Crippen LogP contribution in [0.15, 0.2) is 9.41 Å². The molecule has 1 unspecified atom stereocenters. The number of ether oxygens (including phenoxy) is 1. The number of nitrogens with zero attached hydrogens (tertiary/aromatic N) is 5. The lowest BCUT2D eigenvalue weighted by Gasteiger charge is -2.33. The number of aliphatic imine (C=N–C) groups is 1. The largest absolute Gasteiger partial charge is 0.444 e. The van der Waals surface area contributed by atoms with Crippen LogP contribution in [-0.2, 0) is 11.3 Å². The Labute approximate surface area is 203 Å². The smallest absolute Gasteiger partial charge is 0.208 e. The fourth-order valence-electron chi connectivity index (χ4n) is 4.89. The first kappa shape index (κ1) is 24.7. The Bertz CT molecular complexity index is 693. The second kappa shape index (κ2) is 11.8. The molecule has 31 heavy (non-hydrogen) atoms. The van der Waals surface area contributed by atoms with Gasteiger partial charge in [0.25, 0.3) is 0 Å². The summed E-state index contributed by atoms with van der Waals surface area (Å²) in [7, 11) is 1.91. The average Bonchev–Trinajstić information content (AvgIpc) is 3.37. The van der Waals surface area contributed by atoms with Crippen molar-refractivity contribution in [1.29, 1.82) is 0 Å². The van der Waals surface area contributed by atoms with Crippen molar-refractivity contribution in [3.63, 3.8) is 0 Å². The van der Waals surface area contributed by atoms with Gasteiger partial charge in [0, 0.05) is 45.8 Å². The SMILES string of the molecule is CN=C(NCC1CCN(Cc2nc(C)c(C)o2)CC1)N1CCC(N2CCOCC2)C1.I. The lowest BCUT2D eigenvalue weighted by Crippen LogP contribution is -2.47. The van der Waals surface area contributed by atoms with E-state index in [4.69, 9.17) is 9.15 Å². The molecule has 4 rings (SSSR count). The van der Waals surface area contributed by atoms with E-state index in [9.17, 15) is 0 Å². The number of hydrogen-bond acceptors (Lipinski definition) is 6. The van der Waals surface area contributed by atoms with Crippen molar-refractivity contribution in [2.24, 2.45) is 10.9 Å². The Morgan fingerprint density at radius 2 is 1.84 bits per heavy atom. The average molecular weight is 546 g/mol. The number of morpholine rings is 1. The molecule has 8 nitrogen and oxygen atoms in total. The number of rotatable bonds is 5. The molecule has 176 valence electrons. The van der Waals surface area contributed by atoms with Gasteiger partial charge >= 0.3 is 0 Å².